The molecule has 0 bridgehead atoms. The molecule has 1 aromatic rings. The zero-order valence-electron chi connectivity index (χ0n) is 9.87. The molecule has 0 fully saturated rings. The fraction of sp³-hybridized carbons (Fsp3) is 0.333. The van der Waals surface area contributed by atoms with Gasteiger partial charge < -0.3 is 20.4 Å². The molecule has 0 aliphatic carbocycles. The van der Waals surface area contributed by atoms with Gasteiger partial charge in [-0.25, -0.2) is 0 Å². The number of aliphatic hydroxyl groups is 2. The Morgan fingerprint density at radius 1 is 1.06 bits per heavy atom. The van der Waals surface area contributed by atoms with Gasteiger partial charge in [-0.3, -0.25) is 9.59 Å². The van der Waals surface area contributed by atoms with Crippen LogP contribution in [-0.4, -0.2) is 53.2 Å². The molecular formula is C12H16N2O4. The van der Waals surface area contributed by atoms with Crippen LogP contribution in [0.3, 0.4) is 0 Å². The summed E-state index contributed by atoms with van der Waals surface area (Å²) in [6.07, 6.45) is 0. The predicted octanol–water partition coefficient (Wildman–Crippen LogP) is -0.562. The first kappa shape index (κ1) is 14.1. The van der Waals surface area contributed by atoms with Gasteiger partial charge in [0.25, 0.3) is 0 Å². The topological polar surface area (TPSA) is 89.9 Å². The zero-order valence-corrected chi connectivity index (χ0v) is 9.87. The van der Waals surface area contributed by atoms with E-state index < -0.39 is 11.8 Å². The molecule has 3 N–H and O–H groups in total. The van der Waals surface area contributed by atoms with Crippen LogP contribution in [0.1, 0.15) is 0 Å². The molecule has 0 saturated carbocycles. The minimum absolute atomic E-state index is 0.0155. The molecular weight excluding hydrogens is 236 g/mol. The number of para-hydroxylation sites is 1. The smallest absolute Gasteiger partial charge is 0.313 e. The van der Waals surface area contributed by atoms with E-state index in [1.807, 2.05) is 0 Å². The lowest BCUT2D eigenvalue weighted by Crippen LogP contribution is -2.42. The van der Waals surface area contributed by atoms with Crippen molar-refractivity contribution in [3.63, 3.8) is 0 Å². The summed E-state index contributed by atoms with van der Waals surface area (Å²) in [6.45, 7) is -0.488. The number of nitrogens with one attached hydrogen (secondary N) is 1. The molecule has 0 unspecified atom stereocenters. The van der Waals surface area contributed by atoms with Crippen LogP contribution in [0.2, 0.25) is 0 Å². The van der Waals surface area contributed by atoms with Gasteiger partial charge in [0.05, 0.1) is 13.2 Å². The van der Waals surface area contributed by atoms with Gasteiger partial charge in [-0.1, -0.05) is 18.2 Å². The van der Waals surface area contributed by atoms with Crippen LogP contribution in [0.4, 0.5) is 5.69 Å². The molecule has 6 heteroatoms. The summed E-state index contributed by atoms with van der Waals surface area (Å²) in [4.78, 5) is 24.5. The van der Waals surface area contributed by atoms with Gasteiger partial charge in [0.2, 0.25) is 0 Å². The fourth-order valence-electron chi connectivity index (χ4n) is 1.41. The van der Waals surface area contributed by atoms with Crippen LogP contribution >= 0.6 is 0 Å². The lowest BCUT2D eigenvalue weighted by molar-refractivity contribution is -0.143. The van der Waals surface area contributed by atoms with E-state index in [0.717, 1.165) is 4.90 Å². The van der Waals surface area contributed by atoms with E-state index in [9.17, 15) is 9.59 Å². The third kappa shape index (κ3) is 4.15. The molecule has 0 aliphatic rings. The van der Waals surface area contributed by atoms with Gasteiger partial charge in [0.1, 0.15) is 0 Å². The predicted molar refractivity (Wildman–Crippen MR) is 65.8 cm³/mol. The first-order chi connectivity index (χ1) is 8.69. The third-order valence-corrected chi connectivity index (χ3v) is 2.25. The number of carbonyl (C=O) groups excluding carboxylic acids is 2. The number of carbonyl (C=O) groups is 2. The second kappa shape index (κ2) is 7.41. The van der Waals surface area contributed by atoms with E-state index in [1.165, 1.54) is 0 Å². The Labute approximate surface area is 105 Å². The lowest BCUT2D eigenvalue weighted by atomic mass is 10.3. The Morgan fingerprint density at radius 2 is 1.61 bits per heavy atom. The first-order valence-electron chi connectivity index (χ1n) is 5.56. The molecule has 0 heterocycles. The Bertz CT molecular complexity index is 388. The summed E-state index contributed by atoms with van der Waals surface area (Å²) in [7, 11) is 0. The van der Waals surface area contributed by atoms with Crippen LogP contribution in [0.25, 0.3) is 0 Å². The number of aliphatic hydroxyl groups excluding tert-OH is 2. The van der Waals surface area contributed by atoms with Crippen molar-refractivity contribution in [2.75, 3.05) is 31.6 Å². The van der Waals surface area contributed by atoms with Crippen molar-refractivity contribution in [3.05, 3.63) is 30.3 Å². The van der Waals surface area contributed by atoms with Crippen molar-refractivity contribution in [1.29, 1.82) is 0 Å². The lowest BCUT2D eigenvalue weighted by Gasteiger charge is -2.19. The molecule has 0 radical (unpaired) electrons. The van der Waals surface area contributed by atoms with Crippen molar-refractivity contribution in [1.82, 2.24) is 4.90 Å². The molecule has 6 nitrogen and oxygen atoms in total. The van der Waals surface area contributed by atoms with Gasteiger partial charge in [0.15, 0.2) is 0 Å². The van der Waals surface area contributed by atoms with Crippen LogP contribution in [0.5, 0.6) is 0 Å². The molecule has 2 amide bonds. The summed E-state index contributed by atoms with van der Waals surface area (Å²) in [6, 6.07) is 8.58. The molecule has 1 aromatic carbocycles. The Hall–Kier alpha value is -1.92. The van der Waals surface area contributed by atoms with Crippen LogP contribution in [-0.2, 0) is 9.59 Å². The van der Waals surface area contributed by atoms with Crippen molar-refractivity contribution >= 4 is 17.5 Å². The Morgan fingerprint density at radius 3 is 2.11 bits per heavy atom. The number of nitrogens with zero attached hydrogens (tertiary/aromatic N) is 1. The highest BCUT2D eigenvalue weighted by Crippen LogP contribution is 2.05. The maximum absolute atomic E-state index is 11.7. The van der Waals surface area contributed by atoms with E-state index in [0.29, 0.717) is 5.69 Å². The molecule has 18 heavy (non-hydrogen) atoms. The van der Waals surface area contributed by atoms with Gasteiger partial charge in [-0.05, 0) is 12.1 Å². The fourth-order valence-corrected chi connectivity index (χ4v) is 1.41. The minimum Gasteiger partial charge on any atom is -0.395 e. The van der Waals surface area contributed by atoms with Crippen molar-refractivity contribution in [3.8, 4) is 0 Å². The summed E-state index contributed by atoms with van der Waals surface area (Å²) in [5, 5.41) is 20.0. The highest BCUT2D eigenvalue weighted by atomic mass is 16.3. The number of hydrogen-bond donors (Lipinski definition) is 3. The van der Waals surface area contributed by atoms with Gasteiger partial charge in [-0.15, -0.1) is 0 Å². The quantitative estimate of drug-likeness (QED) is 0.613. The van der Waals surface area contributed by atoms with Gasteiger partial charge in [-0.2, -0.15) is 0 Å². The summed E-state index contributed by atoms with van der Waals surface area (Å²) in [5.41, 5.74) is 0.517. The molecule has 98 valence electrons. The molecule has 0 saturated heterocycles. The highest BCUT2D eigenvalue weighted by molar-refractivity contribution is 6.39. The monoisotopic (exact) mass is 252 g/mol. The maximum atomic E-state index is 11.7. The summed E-state index contributed by atoms with van der Waals surface area (Å²) >= 11 is 0. The van der Waals surface area contributed by atoms with E-state index in [1.54, 1.807) is 30.3 Å². The van der Waals surface area contributed by atoms with Crippen molar-refractivity contribution < 1.29 is 19.8 Å². The Balaban J connectivity index is 2.62. The third-order valence-electron chi connectivity index (χ3n) is 2.25. The largest absolute Gasteiger partial charge is 0.395 e. The second-order valence-corrected chi connectivity index (χ2v) is 3.56. The Kier molecular flexibility index (Phi) is 5.83. The number of benzene rings is 1. The molecule has 1 rings (SSSR count). The van der Waals surface area contributed by atoms with Crippen molar-refractivity contribution in [2.24, 2.45) is 0 Å². The van der Waals surface area contributed by atoms with Gasteiger partial charge >= 0.3 is 11.8 Å². The van der Waals surface area contributed by atoms with Gasteiger partial charge in [0, 0.05) is 18.8 Å². The zero-order chi connectivity index (χ0) is 13.4. The van der Waals surface area contributed by atoms with E-state index in [4.69, 9.17) is 10.2 Å². The summed E-state index contributed by atoms with van der Waals surface area (Å²) < 4.78 is 0. The summed E-state index contributed by atoms with van der Waals surface area (Å²) in [5.74, 6) is -1.56. The minimum atomic E-state index is -0.789. The molecule has 0 aliphatic heterocycles. The van der Waals surface area contributed by atoms with E-state index in [2.05, 4.69) is 5.32 Å². The van der Waals surface area contributed by atoms with Crippen LogP contribution in [0.15, 0.2) is 30.3 Å². The number of rotatable bonds is 5. The van der Waals surface area contributed by atoms with E-state index >= 15 is 0 Å². The second-order valence-electron chi connectivity index (χ2n) is 3.56. The number of hydrogen-bond acceptors (Lipinski definition) is 4. The normalized spacial score (nSPS) is 9.89. The number of amides is 2. The van der Waals surface area contributed by atoms with Crippen molar-refractivity contribution in [2.45, 2.75) is 0 Å². The first-order valence-corrected chi connectivity index (χ1v) is 5.56. The van der Waals surface area contributed by atoms with Crippen LogP contribution < -0.4 is 5.32 Å². The van der Waals surface area contributed by atoms with Crippen LogP contribution in [0, 0.1) is 0 Å². The SMILES string of the molecule is O=C(Nc1ccccc1)C(=O)N(CCO)CCO. The maximum Gasteiger partial charge on any atom is 0.313 e. The molecule has 0 spiro atoms. The molecule has 0 atom stereocenters. The standard InChI is InChI=1S/C12H16N2O4/c15-8-6-14(7-9-16)12(18)11(17)13-10-4-2-1-3-5-10/h1-5,15-16H,6-9H2,(H,13,17). The average molecular weight is 252 g/mol. The molecule has 0 aromatic heterocycles. The van der Waals surface area contributed by atoms with E-state index in [-0.39, 0.29) is 26.3 Å². The average Bonchev–Trinajstić information content (AvgIpc) is 2.39. The highest BCUT2D eigenvalue weighted by Gasteiger charge is 2.20. The number of anilines is 1.